The largest absolute Gasteiger partial charge is 0.326 e. The van der Waals surface area contributed by atoms with Gasteiger partial charge in [0.2, 0.25) is 11.9 Å². The maximum Gasteiger partial charge on any atom is 0.281 e. The molecule has 1 aliphatic rings. The molecule has 1 saturated heterocycles. The van der Waals surface area contributed by atoms with Gasteiger partial charge in [-0.25, -0.2) is 23.1 Å². The number of rotatable bonds is 7. The summed E-state index contributed by atoms with van der Waals surface area (Å²) in [7, 11) is -4.56. The normalized spacial score (nSPS) is 18.0. The Morgan fingerprint density at radius 2 is 1.74 bits per heavy atom. The number of hydrogen-bond acceptors (Lipinski definition) is 7. The van der Waals surface area contributed by atoms with Crippen LogP contribution in [0.1, 0.15) is 12.8 Å². The second-order valence-corrected chi connectivity index (χ2v) is 11.0. The van der Waals surface area contributed by atoms with Gasteiger partial charge in [-0.2, -0.15) is 17.0 Å². The molecule has 0 unspecified atom stereocenters. The summed E-state index contributed by atoms with van der Waals surface area (Å²) in [5.74, 6) is -0.858. The van der Waals surface area contributed by atoms with Gasteiger partial charge < -0.3 is 5.32 Å². The van der Waals surface area contributed by atoms with Crippen molar-refractivity contribution in [2.24, 2.45) is 5.92 Å². The topological polar surface area (TPSA) is 142 Å². The van der Waals surface area contributed by atoms with Crippen molar-refractivity contribution < 1.29 is 21.6 Å². The molecule has 1 atom stereocenters. The summed E-state index contributed by atoms with van der Waals surface area (Å²) in [6, 6.07) is 7.21. The maximum absolute atomic E-state index is 12.6. The summed E-state index contributed by atoms with van der Waals surface area (Å²) in [6.45, 7) is 0.467. The number of benzene rings is 1. The number of aromatic nitrogens is 2. The smallest absolute Gasteiger partial charge is 0.281 e. The van der Waals surface area contributed by atoms with Crippen molar-refractivity contribution >= 4 is 37.8 Å². The van der Waals surface area contributed by atoms with Gasteiger partial charge in [0.05, 0.1) is 10.8 Å². The van der Waals surface area contributed by atoms with Crippen molar-refractivity contribution in [3.63, 3.8) is 0 Å². The first kappa shape index (κ1) is 23.1. The van der Waals surface area contributed by atoms with Crippen molar-refractivity contribution in [3.05, 3.63) is 42.7 Å². The molecule has 13 heteroatoms. The van der Waals surface area contributed by atoms with Crippen molar-refractivity contribution in [2.75, 3.05) is 37.2 Å². The van der Waals surface area contributed by atoms with Gasteiger partial charge in [-0.15, -0.1) is 0 Å². The Morgan fingerprint density at radius 3 is 2.35 bits per heavy atom. The lowest BCUT2D eigenvalue weighted by molar-refractivity contribution is -0.120. The minimum absolute atomic E-state index is 0.0149. The average Bonchev–Trinajstić information content (AvgIpc) is 2.74. The molecule has 0 radical (unpaired) electrons. The van der Waals surface area contributed by atoms with Crippen LogP contribution in [0.3, 0.4) is 0 Å². The number of piperidine rings is 1. The second-order valence-electron chi connectivity index (χ2n) is 7.18. The Morgan fingerprint density at radius 1 is 1.10 bits per heavy atom. The predicted octanol–water partition coefficient (Wildman–Crippen LogP) is 0.734. The first-order valence-electron chi connectivity index (χ1n) is 9.48. The molecule has 1 aromatic carbocycles. The van der Waals surface area contributed by atoms with E-state index >= 15 is 0 Å². The highest BCUT2D eigenvalue weighted by molar-refractivity contribution is 7.92. The van der Waals surface area contributed by atoms with E-state index < -0.39 is 26.2 Å². The van der Waals surface area contributed by atoms with E-state index in [4.69, 9.17) is 0 Å². The predicted molar refractivity (Wildman–Crippen MR) is 115 cm³/mol. The van der Waals surface area contributed by atoms with E-state index in [-0.39, 0.29) is 23.3 Å². The van der Waals surface area contributed by atoms with E-state index in [1.54, 1.807) is 6.07 Å². The Labute approximate surface area is 181 Å². The molecule has 168 valence electrons. The second kappa shape index (κ2) is 9.26. The van der Waals surface area contributed by atoms with Crippen molar-refractivity contribution in [3.8, 4) is 0 Å². The van der Waals surface area contributed by atoms with Crippen molar-refractivity contribution in [1.29, 1.82) is 0 Å². The van der Waals surface area contributed by atoms with E-state index in [1.165, 1.54) is 55.1 Å². The molecular weight excluding hydrogens is 444 g/mol. The number of anilines is 2. The summed E-state index contributed by atoms with van der Waals surface area (Å²) in [6.07, 6.45) is 3.98. The first-order valence-corrected chi connectivity index (χ1v) is 12.4. The van der Waals surface area contributed by atoms with E-state index in [9.17, 15) is 21.6 Å². The highest BCUT2D eigenvalue weighted by Crippen LogP contribution is 2.22. The average molecular weight is 469 g/mol. The van der Waals surface area contributed by atoms with Crippen LogP contribution in [-0.2, 0) is 25.0 Å². The summed E-state index contributed by atoms with van der Waals surface area (Å²) < 4.78 is 54.2. The van der Waals surface area contributed by atoms with Crippen LogP contribution in [0.25, 0.3) is 0 Å². The number of amides is 1. The van der Waals surface area contributed by atoms with Gasteiger partial charge in [-0.1, -0.05) is 0 Å². The lowest BCUT2D eigenvalue weighted by Gasteiger charge is -2.32. The summed E-state index contributed by atoms with van der Waals surface area (Å²) in [5, 5.41) is 2.73. The van der Waals surface area contributed by atoms with Crippen LogP contribution in [-0.4, -0.2) is 68.5 Å². The molecule has 2 heterocycles. The van der Waals surface area contributed by atoms with Gasteiger partial charge in [0.1, 0.15) is 0 Å². The number of carbonyl (C=O) groups is 1. The van der Waals surface area contributed by atoms with E-state index in [0.29, 0.717) is 25.1 Å². The molecule has 1 aromatic heterocycles. The summed E-state index contributed by atoms with van der Waals surface area (Å²) in [4.78, 5) is 20.3. The molecule has 0 aliphatic carbocycles. The highest BCUT2D eigenvalue weighted by Gasteiger charge is 2.33. The number of nitrogens with one attached hydrogen (secondary N) is 2. The molecule has 0 bridgehead atoms. The zero-order valence-electron chi connectivity index (χ0n) is 17.1. The molecule has 2 N–H and O–H groups in total. The Kier molecular flexibility index (Phi) is 6.89. The highest BCUT2D eigenvalue weighted by atomic mass is 32.2. The zero-order valence-corrected chi connectivity index (χ0v) is 18.7. The summed E-state index contributed by atoms with van der Waals surface area (Å²) in [5.41, 5.74) is 0.410. The molecule has 1 aliphatic heterocycles. The zero-order chi connectivity index (χ0) is 22.6. The fourth-order valence-electron chi connectivity index (χ4n) is 3.09. The van der Waals surface area contributed by atoms with Crippen LogP contribution in [0.2, 0.25) is 0 Å². The third kappa shape index (κ3) is 5.55. The lowest BCUT2D eigenvalue weighted by Crippen LogP contribution is -2.47. The molecule has 0 spiro atoms. The number of sulfonamides is 1. The summed E-state index contributed by atoms with van der Waals surface area (Å²) >= 11 is 0. The molecule has 31 heavy (non-hydrogen) atoms. The fraction of sp³-hybridized carbons (Fsp3) is 0.389. The van der Waals surface area contributed by atoms with E-state index in [1.807, 2.05) is 0 Å². The standard InChI is InChI=1S/C18H24N6O5S2/c1-23(2)31(28,29)24-12-3-5-14(13-24)17(25)21-15-6-8-16(9-7-15)30(26,27)22-18-19-10-4-11-20-18/h4,6-11,14H,3,5,12-13H2,1-2H3,(H,21,25)(H,19,20,22)/t14-/m0/s1. The Bertz CT molecular complexity index is 1120. The Hall–Kier alpha value is -2.61. The van der Waals surface area contributed by atoms with Crippen LogP contribution in [0.5, 0.6) is 0 Å². The molecule has 11 nitrogen and oxygen atoms in total. The van der Waals surface area contributed by atoms with Gasteiger partial charge in [-0.3, -0.25) is 4.79 Å². The number of nitrogens with zero attached hydrogens (tertiary/aromatic N) is 4. The Balaban J connectivity index is 1.65. The minimum Gasteiger partial charge on any atom is -0.326 e. The molecule has 1 amide bonds. The third-order valence-corrected chi connectivity index (χ3v) is 8.02. The van der Waals surface area contributed by atoms with Gasteiger partial charge in [0, 0.05) is 45.3 Å². The van der Waals surface area contributed by atoms with Crippen LogP contribution in [0.15, 0.2) is 47.6 Å². The number of hydrogen-bond donors (Lipinski definition) is 2. The molecule has 3 rings (SSSR count). The third-order valence-electron chi connectivity index (χ3n) is 4.77. The van der Waals surface area contributed by atoms with Crippen LogP contribution in [0.4, 0.5) is 11.6 Å². The maximum atomic E-state index is 12.6. The lowest BCUT2D eigenvalue weighted by atomic mass is 9.99. The van der Waals surface area contributed by atoms with Crippen LogP contribution >= 0.6 is 0 Å². The fourth-order valence-corrected chi connectivity index (χ4v) is 5.24. The molecule has 0 saturated carbocycles. The molecule has 2 aromatic rings. The molecule has 1 fully saturated rings. The number of carbonyl (C=O) groups excluding carboxylic acids is 1. The van der Waals surface area contributed by atoms with Gasteiger partial charge in [0.15, 0.2) is 0 Å². The molecular formula is C18H24N6O5S2. The van der Waals surface area contributed by atoms with Gasteiger partial charge in [-0.05, 0) is 43.2 Å². The van der Waals surface area contributed by atoms with Crippen molar-refractivity contribution in [1.82, 2.24) is 18.6 Å². The quantitative estimate of drug-likeness (QED) is 0.610. The SMILES string of the molecule is CN(C)S(=O)(=O)N1CCC[C@H](C(=O)Nc2ccc(S(=O)(=O)Nc3ncccn3)cc2)C1. The van der Waals surface area contributed by atoms with Crippen molar-refractivity contribution in [2.45, 2.75) is 17.7 Å². The monoisotopic (exact) mass is 468 g/mol. The van der Waals surface area contributed by atoms with Gasteiger partial charge >= 0.3 is 0 Å². The van der Waals surface area contributed by atoms with Gasteiger partial charge in [0.25, 0.3) is 20.2 Å². The van der Waals surface area contributed by atoms with E-state index in [0.717, 1.165) is 4.31 Å². The van der Waals surface area contributed by atoms with Crippen LogP contribution in [0, 0.1) is 5.92 Å². The first-order chi connectivity index (χ1) is 14.6. The van der Waals surface area contributed by atoms with E-state index in [2.05, 4.69) is 20.0 Å². The minimum atomic E-state index is -3.88. The van der Waals surface area contributed by atoms with Crippen LogP contribution < -0.4 is 10.0 Å².